The van der Waals surface area contributed by atoms with Crippen molar-refractivity contribution >= 4 is 17.5 Å². The highest BCUT2D eigenvalue weighted by Crippen LogP contribution is 2.40. The Hall–Kier alpha value is -1.46. The average Bonchev–Trinajstić information content (AvgIpc) is 2.88. The van der Waals surface area contributed by atoms with E-state index < -0.39 is 0 Å². The molecular weight excluding hydrogens is 280 g/mol. The van der Waals surface area contributed by atoms with Gasteiger partial charge in [-0.15, -0.1) is 0 Å². The van der Waals surface area contributed by atoms with Crippen LogP contribution in [-0.2, 0) is 11.3 Å². The van der Waals surface area contributed by atoms with Gasteiger partial charge in [0.05, 0.1) is 5.02 Å². The number of fused-ring (bicyclic) bond motifs is 1. The Kier molecular flexibility index (Phi) is 3.72. The number of halogens is 1. The molecule has 6 heteroatoms. The highest BCUT2D eigenvalue weighted by atomic mass is 35.5. The summed E-state index contributed by atoms with van der Waals surface area (Å²) in [6.07, 6.45) is 1.65. The second-order valence-corrected chi connectivity index (χ2v) is 5.67. The van der Waals surface area contributed by atoms with E-state index in [1.165, 1.54) is 0 Å². The second-order valence-electron chi connectivity index (χ2n) is 5.26. The number of primary amides is 1. The maximum absolute atomic E-state index is 11.1. The van der Waals surface area contributed by atoms with Gasteiger partial charge in [0.2, 0.25) is 12.7 Å². The molecule has 20 heavy (non-hydrogen) atoms. The number of piperidine rings is 1. The first-order valence-corrected chi connectivity index (χ1v) is 7.11. The van der Waals surface area contributed by atoms with E-state index in [0.29, 0.717) is 16.5 Å². The van der Waals surface area contributed by atoms with Crippen molar-refractivity contribution in [2.45, 2.75) is 19.4 Å². The van der Waals surface area contributed by atoms with Crippen LogP contribution in [0.5, 0.6) is 11.5 Å². The fourth-order valence-electron chi connectivity index (χ4n) is 2.75. The number of hydrogen-bond donors (Lipinski definition) is 1. The number of benzene rings is 1. The molecule has 2 aliphatic rings. The van der Waals surface area contributed by atoms with Crippen LogP contribution in [0.15, 0.2) is 12.1 Å². The third-order valence-corrected chi connectivity index (χ3v) is 4.16. The minimum atomic E-state index is -0.184. The van der Waals surface area contributed by atoms with Gasteiger partial charge < -0.3 is 15.2 Å². The number of rotatable bonds is 3. The second kappa shape index (κ2) is 5.50. The molecule has 0 bridgehead atoms. The number of carbonyl (C=O) groups excluding carboxylic acids is 1. The van der Waals surface area contributed by atoms with Crippen molar-refractivity contribution in [3.05, 3.63) is 22.7 Å². The molecule has 2 aliphatic heterocycles. The molecule has 108 valence electrons. The number of amides is 1. The standard InChI is InChI=1S/C14H17ClN2O3/c15-11-5-9(6-12-13(11)20-8-19-12)7-17-3-1-10(2-4-17)14(16)18/h5-6,10H,1-4,7-8H2,(H2,16,18). The Morgan fingerprint density at radius 1 is 1.35 bits per heavy atom. The number of nitrogens with zero attached hydrogens (tertiary/aromatic N) is 1. The van der Waals surface area contributed by atoms with Crippen LogP contribution in [0.3, 0.4) is 0 Å². The smallest absolute Gasteiger partial charge is 0.231 e. The maximum Gasteiger partial charge on any atom is 0.231 e. The number of nitrogens with two attached hydrogens (primary N) is 1. The lowest BCUT2D eigenvalue weighted by atomic mass is 9.96. The van der Waals surface area contributed by atoms with E-state index in [-0.39, 0.29) is 18.6 Å². The molecule has 0 aliphatic carbocycles. The predicted molar refractivity (Wildman–Crippen MR) is 74.8 cm³/mol. The zero-order valence-corrected chi connectivity index (χ0v) is 11.9. The molecule has 2 N–H and O–H groups in total. The van der Waals surface area contributed by atoms with Crippen LogP contribution < -0.4 is 15.2 Å². The summed E-state index contributed by atoms with van der Waals surface area (Å²) in [5.74, 6) is 1.17. The minimum Gasteiger partial charge on any atom is -0.454 e. The number of hydrogen-bond acceptors (Lipinski definition) is 4. The zero-order chi connectivity index (χ0) is 14.1. The summed E-state index contributed by atoms with van der Waals surface area (Å²) in [6, 6.07) is 3.88. The molecule has 0 aromatic heterocycles. The van der Waals surface area contributed by atoms with Crippen molar-refractivity contribution in [2.75, 3.05) is 19.9 Å². The van der Waals surface area contributed by atoms with Gasteiger partial charge in [-0.1, -0.05) is 11.6 Å². The van der Waals surface area contributed by atoms with E-state index in [9.17, 15) is 4.79 Å². The molecule has 0 unspecified atom stereocenters. The van der Waals surface area contributed by atoms with Crippen LogP contribution >= 0.6 is 11.6 Å². The number of likely N-dealkylation sites (tertiary alicyclic amines) is 1. The van der Waals surface area contributed by atoms with Gasteiger partial charge in [0.15, 0.2) is 11.5 Å². The third-order valence-electron chi connectivity index (χ3n) is 3.88. The van der Waals surface area contributed by atoms with Crippen molar-refractivity contribution in [1.29, 1.82) is 0 Å². The first-order valence-electron chi connectivity index (χ1n) is 6.73. The molecule has 3 rings (SSSR count). The molecule has 2 heterocycles. The Bertz CT molecular complexity index is 527. The van der Waals surface area contributed by atoms with Crippen molar-refractivity contribution in [3.8, 4) is 11.5 Å². The minimum absolute atomic E-state index is 0.0200. The highest BCUT2D eigenvalue weighted by Gasteiger charge is 2.24. The van der Waals surface area contributed by atoms with Gasteiger partial charge in [-0.05, 0) is 43.6 Å². The topological polar surface area (TPSA) is 64.8 Å². The van der Waals surface area contributed by atoms with Crippen LogP contribution in [0, 0.1) is 5.92 Å². The zero-order valence-electron chi connectivity index (χ0n) is 11.1. The quantitative estimate of drug-likeness (QED) is 0.923. The molecule has 0 atom stereocenters. The van der Waals surface area contributed by atoms with E-state index in [1.54, 1.807) is 0 Å². The molecule has 5 nitrogen and oxygen atoms in total. The molecular formula is C14H17ClN2O3. The summed E-state index contributed by atoms with van der Waals surface area (Å²) in [7, 11) is 0. The van der Waals surface area contributed by atoms with E-state index in [0.717, 1.165) is 38.0 Å². The van der Waals surface area contributed by atoms with Crippen molar-refractivity contribution in [2.24, 2.45) is 11.7 Å². The van der Waals surface area contributed by atoms with Crippen molar-refractivity contribution < 1.29 is 14.3 Å². The Balaban J connectivity index is 1.65. The first kappa shape index (κ1) is 13.5. The van der Waals surface area contributed by atoms with Crippen LogP contribution in [0.25, 0.3) is 0 Å². The SMILES string of the molecule is NC(=O)C1CCN(Cc2cc(Cl)c3c(c2)OCO3)CC1. The Labute approximate surface area is 122 Å². The number of ether oxygens (including phenoxy) is 2. The van der Waals surface area contributed by atoms with Gasteiger partial charge in [0.25, 0.3) is 0 Å². The summed E-state index contributed by atoms with van der Waals surface area (Å²) in [4.78, 5) is 13.4. The van der Waals surface area contributed by atoms with Gasteiger partial charge in [-0.25, -0.2) is 0 Å². The summed E-state index contributed by atoms with van der Waals surface area (Å²) >= 11 is 6.17. The summed E-state index contributed by atoms with van der Waals surface area (Å²) in [5.41, 5.74) is 6.44. The molecule has 1 amide bonds. The fourth-order valence-corrected chi connectivity index (χ4v) is 3.03. The van der Waals surface area contributed by atoms with Crippen LogP contribution in [0.4, 0.5) is 0 Å². The van der Waals surface area contributed by atoms with E-state index in [2.05, 4.69) is 4.90 Å². The first-order chi connectivity index (χ1) is 9.63. The monoisotopic (exact) mass is 296 g/mol. The van der Waals surface area contributed by atoms with Crippen molar-refractivity contribution in [3.63, 3.8) is 0 Å². The molecule has 0 radical (unpaired) electrons. The summed E-state index contributed by atoms with van der Waals surface area (Å²) in [6.45, 7) is 2.77. The van der Waals surface area contributed by atoms with Gasteiger partial charge in [0.1, 0.15) is 0 Å². The Morgan fingerprint density at radius 2 is 2.10 bits per heavy atom. The van der Waals surface area contributed by atoms with Gasteiger partial charge >= 0.3 is 0 Å². The molecule has 1 aromatic carbocycles. The Morgan fingerprint density at radius 3 is 2.80 bits per heavy atom. The van der Waals surface area contributed by atoms with E-state index in [1.807, 2.05) is 12.1 Å². The predicted octanol–water partition coefficient (Wildman–Crippen LogP) is 1.77. The maximum atomic E-state index is 11.1. The lowest BCUT2D eigenvalue weighted by molar-refractivity contribution is -0.123. The van der Waals surface area contributed by atoms with Crippen LogP contribution in [0.1, 0.15) is 18.4 Å². The molecule has 0 spiro atoms. The summed E-state index contributed by atoms with van der Waals surface area (Å²) < 4.78 is 10.7. The molecule has 1 aromatic rings. The van der Waals surface area contributed by atoms with Crippen LogP contribution in [-0.4, -0.2) is 30.7 Å². The highest BCUT2D eigenvalue weighted by molar-refractivity contribution is 6.32. The average molecular weight is 297 g/mol. The molecule has 1 saturated heterocycles. The lowest BCUT2D eigenvalue weighted by Crippen LogP contribution is -2.38. The molecule has 1 fully saturated rings. The largest absolute Gasteiger partial charge is 0.454 e. The van der Waals surface area contributed by atoms with Gasteiger partial charge in [-0.2, -0.15) is 0 Å². The fraction of sp³-hybridized carbons (Fsp3) is 0.500. The summed E-state index contributed by atoms with van der Waals surface area (Å²) in [5, 5.41) is 0.585. The van der Waals surface area contributed by atoms with Crippen LogP contribution in [0.2, 0.25) is 5.02 Å². The van der Waals surface area contributed by atoms with E-state index >= 15 is 0 Å². The number of carbonyl (C=O) groups is 1. The van der Waals surface area contributed by atoms with Gasteiger partial charge in [0, 0.05) is 12.5 Å². The van der Waals surface area contributed by atoms with E-state index in [4.69, 9.17) is 26.8 Å². The lowest BCUT2D eigenvalue weighted by Gasteiger charge is -2.30. The van der Waals surface area contributed by atoms with Gasteiger partial charge in [-0.3, -0.25) is 9.69 Å². The van der Waals surface area contributed by atoms with Crippen molar-refractivity contribution in [1.82, 2.24) is 4.90 Å². The normalized spacial score (nSPS) is 19.2. The third kappa shape index (κ3) is 2.69. The molecule has 0 saturated carbocycles.